The van der Waals surface area contributed by atoms with Crippen LogP contribution in [0, 0.1) is 0 Å². The number of amides is 1. The molecule has 6 heteroatoms. The van der Waals surface area contributed by atoms with E-state index in [4.69, 9.17) is 16.3 Å². The Morgan fingerprint density at radius 2 is 1.76 bits per heavy atom. The van der Waals surface area contributed by atoms with E-state index in [2.05, 4.69) is 38.1 Å². The van der Waals surface area contributed by atoms with Crippen LogP contribution in [0.5, 0.6) is 5.75 Å². The molecule has 0 saturated heterocycles. The molecular formula is C28H28ClNO4. The second-order valence-electron chi connectivity index (χ2n) is 9.08. The molecule has 1 N–H and O–H groups in total. The number of hydrogen-bond acceptors (Lipinski definition) is 3. The largest absolute Gasteiger partial charge is 0.487 e. The molecule has 5 nitrogen and oxygen atoms in total. The molecule has 1 atom stereocenters. The van der Waals surface area contributed by atoms with Crippen molar-refractivity contribution in [2.24, 2.45) is 0 Å². The topological polar surface area (TPSA) is 66.8 Å². The number of benzene rings is 3. The van der Waals surface area contributed by atoms with E-state index in [0.29, 0.717) is 17.0 Å². The first kappa shape index (κ1) is 23.8. The predicted molar refractivity (Wildman–Crippen MR) is 133 cm³/mol. The maximum atomic E-state index is 13.3. The van der Waals surface area contributed by atoms with Gasteiger partial charge in [0, 0.05) is 30.0 Å². The molecule has 176 valence electrons. The fraction of sp³-hybridized carbons (Fsp3) is 0.286. The normalized spacial score (nSPS) is 16.6. The minimum Gasteiger partial charge on any atom is -0.487 e. The van der Waals surface area contributed by atoms with E-state index in [-0.39, 0.29) is 12.5 Å². The third-order valence-electron chi connectivity index (χ3n) is 6.11. The summed E-state index contributed by atoms with van der Waals surface area (Å²) < 4.78 is 6.29. The lowest BCUT2D eigenvalue weighted by molar-refractivity contribution is -0.137. The van der Waals surface area contributed by atoms with Gasteiger partial charge in [-0.05, 0) is 65.9 Å². The van der Waals surface area contributed by atoms with E-state index in [1.807, 2.05) is 18.2 Å². The Balaban J connectivity index is 1.51. The number of aliphatic carboxylic acids is 1. The molecule has 3 aromatic carbocycles. The lowest BCUT2D eigenvalue weighted by Gasteiger charge is -2.24. The molecule has 0 fully saturated rings. The Hall–Kier alpha value is -3.31. The van der Waals surface area contributed by atoms with E-state index in [1.54, 1.807) is 24.3 Å². The summed E-state index contributed by atoms with van der Waals surface area (Å²) >= 11 is 6.06. The van der Waals surface area contributed by atoms with E-state index in [1.165, 1.54) is 16.0 Å². The van der Waals surface area contributed by atoms with Crippen LogP contribution in [0.3, 0.4) is 0 Å². The van der Waals surface area contributed by atoms with Gasteiger partial charge >= 0.3 is 5.97 Å². The van der Waals surface area contributed by atoms with E-state index >= 15 is 0 Å². The van der Waals surface area contributed by atoms with Crippen molar-refractivity contribution in [3.05, 3.63) is 99.6 Å². The number of aryl methyl sites for hydroxylation is 1. The molecule has 3 aromatic rings. The van der Waals surface area contributed by atoms with E-state index < -0.39 is 18.1 Å². The summed E-state index contributed by atoms with van der Waals surface area (Å²) in [6.07, 6.45) is 2.44. The predicted octanol–water partition coefficient (Wildman–Crippen LogP) is 5.57. The number of carboxylic acids is 1. The summed E-state index contributed by atoms with van der Waals surface area (Å²) in [6, 6.07) is 21.0. The molecule has 0 spiro atoms. The van der Waals surface area contributed by atoms with Gasteiger partial charge in [-0.3, -0.25) is 9.59 Å². The summed E-state index contributed by atoms with van der Waals surface area (Å²) in [5, 5.41) is 9.91. The summed E-state index contributed by atoms with van der Waals surface area (Å²) in [5.74, 6) is -0.640. The summed E-state index contributed by atoms with van der Waals surface area (Å²) in [7, 11) is 0. The van der Waals surface area contributed by atoms with Crippen molar-refractivity contribution < 1.29 is 19.4 Å². The van der Waals surface area contributed by atoms with Crippen molar-refractivity contribution in [3.8, 4) is 5.75 Å². The van der Waals surface area contributed by atoms with Gasteiger partial charge in [-0.1, -0.05) is 54.9 Å². The number of hydrogen-bond donors (Lipinski definition) is 1. The molecule has 1 heterocycles. The zero-order chi connectivity index (χ0) is 24.3. The Morgan fingerprint density at radius 1 is 1.03 bits per heavy atom. The molecule has 0 aromatic heterocycles. The molecule has 0 radical (unpaired) electrons. The number of carboxylic acid groups (broad SMARTS) is 1. The van der Waals surface area contributed by atoms with Gasteiger partial charge in [-0.25, -0.2) is 0 Å². The third-order valence-corrected chi connectivity index (χ3v) is 6.35. The standard InChI is InChI=1S/C28H28ClNO4/c1-3-19-7-9-20(10-8-19)15-28(2)16-23-14-22(11-12-25(23)34-28)27(33)30(18-26(31)32)17-21-5-4-6-24(29)13-21/h4-14H,3,15-18H2,1-2H3,(H,31,32)/t28-/m0/s1. The molecule has 0 aliphatic carbocycles. The smallest absolute Gasteiger partial charge is 0.323 e. The van der Waals surface area contributed by atoms with Crippen LogP contribution < -0.4 is 4.74 Å². The van der Waals surface area contributed by atoms with Crippen LogP contribution in [0.25, 0.3) is 0 Å². The number of fused-ring (bicyclic) bond motifs is 1. The summed E-state index contributed by atoms with van der Waals surface area (Å²) in [4.78, 5) is 26.0. The maximum Gasteiger partial charge on any atom is 0.323 e. The van der Waals surface area contributed by atoms with Gasteiger partial charge in [0.2, 0.25) is 0 Å². The van der Waals surface area contributed by atoms with Crippen LogP contribution >= 0.6 is 11.6 Å². The van der Waals surface area contributed by atoms with E-state index in [0.717, 1.165) is 29.7 Å². The zero-order valence-corrected chi connectivity index (χ0v) is 20.1. The van der Waals surface area contributed by atoms with Gasteiger partial charge < -0.3 is 14.7 Å². The van der Waals surface area contributed by atoms with Crippen molar-refractivity contribution in [3.63, 3.8) is 0 Å². The second-order valence-corrected chi connectivity index (χ2v) is 9.52. The van der Waals surface area contributed by atoms with Crippen molar-refractivity contribution in [2.75, 3.05) is 6.54 Å². The first-order valence-electron chi connectivity index (χ1n) is 11.4. The van der Waals surface area contributed by atoms with Crippen LogP contribution in [0.1, 0.15) is 46.5 Å². The minimum atomic E-state index is -1.07. The van der Waals surface area contributed by atoms with Crippen molar-refractivity contribution >= 4 is 23.5 Å². The van der Waals surface area contributed by atoms with Gasteiger partial charge in [0.05, 0.1) is 0 Å². The highest BCUT2D eigenvalue weighted by molar-refractivity contribution is 6.30. The lowest BCUT2D eigenvalue weighted by atomic mass is 9.91. The number of ether oxygens (including phenoxy) is 1. The van der Waals surface area contributed by atoms with Crippen LogP contribution in [-0.2, 0) is 30.6 Å². The van der Waals surface area contributed by atoms with E-state index in [9.17, 15) is 14.7 Å². The quantitative estimate of drug-likeness (QED) is 0.461. The highest BCUT2D eigenvalue weighted by Crippen LogP contribution is 2.37. The van der Waals surface area contributed by atoms with Crippen LogP contribution in [0.2, 0.25) is 5.02 Å². The lowest BCUT2D eigenvalue weighted by Crippen LogP contribution is -2.35. The zero-order valence-electron chi connectivity index (χ0n) is 19.4. The SMILES string of the molecule is CCc1ccc(C[C@@]2(C)Cc3cc(C(=O)N(CC(=O)O)Cc4cccc(Cl)c4)ccc3O2)cc1. The van der Waals surface area contributed by atoms with Gasteiger partial charge in [0.1, 0.15) is 17.9 Å². The third kappa shape index (κ3) is 5.60. The Bertz CT molecular complexity index is 1210. The number of halogens is 1. The van der Waals surface area contributed by atoms with Gasteiger partial charge in [-0.2, -0.15) is 0 Å². The maximum absolute atomic E-state index is 13.3. The van der Waals surface area contributed by atoms with Crippen molar-refractivity contribution in [1.29, 1.82) is 0 Å². The Kier molecular flexibility index (Phi) is 6.94. The average molecular weight is 478 g/mol. The first-order valence-corrected chi connectivity index (χ1v) is 11.8. The molecule has 1 aliphatic rings. The van der Waals surface area contributed by atoms with Crippen LogP contribution in [0.15, 0.2) is 66.7 Å². The Morgan fingerprint density at radius 3 is 2.44 bits per heavy atom. The molecule has 34 heavy (non-hydrogen) atoms. The molecular weight excluding hydrogens is 450 g/mol. The van der Waals surface area contributed by atoms with Gasteiger partial charge in [-0.15, -0.1) is 0 Å². The van der Waals surface area contributed by atoms with Gasteiger partial charge in [0.15, 0.2) is 0 Å². The van der Waals surface area contributed by atoms with Crippen molar-refractivity contribution in [1.82, 2.24) is 4.90 Å². The average Bonchev–Trinajstić information content (AvgIpc) is 3.13. The molecule has 0 bridgehead atoms. The van der Waals surface area contributed by atoms with Crippen LogP contribution in [-0.4, -0.2) is 34.0 Å². The Labute approximate surface area is 204 Å². The van der Waals surface area contributed by atoms with Crippen molar-refractivity contribution in [2.45, 2.75) is 45.3 Å². The second kappa shape index (κ2) is 9.90. The highest BCUT2D eigenvalue weighted by atomic mass is 35.5. The fourth-order valence-electron chi connectivity index (χ4n) is 4.48. The number of nitrogens with zero attached hydrogens (tertiary/aromatic N) is 1. The summed E-state index contributed by atoms with van der Waals surface area (Å²) in [6.45, 7) is 3.98. The molecule has 0 unspecified atom stereocenters. The molecule has 1 amide bonds. The molecule has 0 saturated carbocycles. The number of carbonyl (C=O) groups is 2. The first-order chi connectivity index (χ1) is 16.2. The number of carbonyl (C=O) groups excluding carboxylic acids is 1. The van der Waals surface area contributed by atoms with Gasteiger partial charge in [0.25, 0.3) is 5.91 Å². The minimum absolute atomic E-state index is 0.157. The molecule has 1 aliphatic heterocycles. The monoisotopic (exact) mass is 477 g/mol. The summed E-state index contributed by atoms with van der Waals surface area (Å²) in [5.41, 5.74) is 4.28. The van der Waals surface area contributed by atoms with Crippen LogP contribution in [0.4, 0.5) is 0 Å². The highest BCUT2D eigenvalue weighted by Gasteiger charge is 2.35. The fourth-order valence-corrected chi connectivity index (χ4v) is 4.69. The molecule has 4 rings (SSSR count). The number of rotatable bonds is 8.